The number of hydrogen-bond donors (Lipinski definition) is 0. The van der Waals surface area contributed by atoms with Crippen LogP contribution < -0.4 is 0 Å². The molecule has 1 saturated heterocycles. The molecular formula is C12H24O2S. The van der Waals surface area contributed by atoms with Gasteiger partial charge < -0.3 is 4.74 Å². The Balaban J connectivity index is 2.33. The third-order valence-corrected chi connectivity index (χ3v) is 4.88. The standard InChI is InChI=1S/C12H24O2S/c1-3-6-12(7-4-2)15(13)10-11-8-5-9-14-11/h11-12H,3-10H2,1-2H3/t11-,15+/m1/s1. The minimum absolute atomic E-state index is 0.280. The van der Waals surface area contributed by atoms with Crippen LogP contribution in [0.3, 0.4) is 0 Å². The van der Waals surface area contributed by atoms with Crippen LogP contribution in [-0.4, -0.2) is 27.9 Å². The summed E-state index contributed by atoms with van der Waals surface area (Å²) in [5.74, 6) is 0.769. The first kappa shape index (κ1) is 13.2. The molecule has 90 valence electrons. The zero-order valence-corrected chi connectivity index (χ0v) is 10.9. The molecule has 0 aliphatic carbocycles. The molecule has 1 heterocycles. The monoisotopic (exact) mass is 232 g/mol. The molecule has 2 atom stereocenters. The molecule has 1 fully saturated rings. The van der Waals surface area contributed by atoms with Gasteiger partial charge in [0.2, 0.25) is 0 Å². The molecule has 0 bridgehead atoms. The van der Waals surface area contributed by atoms with Gasteiger partial charge in [-0.05, 0) is 25.7 Å². The first-order chi connectivity index (χ1) is 7.27. The Kier molecular flexibility index (Phi) is 6.50. The molecule has 1 aliphatic rings. The van der Waals surface area contributed by atoms with Gasteiger partial charge in [-0.2, -0.15) is 0 Å². The average molecular weight is 232 g/mol. The van der Waals surface area contributed by atoms with E-state index in [0.29, 0.717) is 5.25 Å². The molecule has 0 radical (unpaired) electrons. The van der Waals surface area contributed by atoms with Crippen LogP contribution in [0.1, 0.15) is 52.4 Å². The minimum Gasteiger partial charge on any atom is -0.377 e. The smallest absolute Gasteiger partial charge is 0.0691 e. The number of rotatable bonds is 7. The van der Waals surface area contributed by atoms with Crippen molar-refractivity contribution >= 4 is 10.8 Å². The highest BCUT2D eigenvalue weighted by molar-refractivity contribution is 7.85. The second-order valence-electron chi connectivity index (χ2n) is 4.38. The van der Waals surface area contributed by atoms with Gasteiger partial charge in [0.05, 0.1) is 11.9 Å². The Hall–Kier alpha value is 0.110. The summed E-state index contributed by atoms with van der Waals surface area (Å²) in [4.78, 5) is 0. The van der Waals surface area contributed by atoms with Crippen LogP contribution in [0.25, 0.3) is 0 Å². The highest BCUT2D eigenvalue weighted by Crippen LogP contribution is 2.18. The summed E-state index contributed by atoms with van der Waals surface area (Å²) in [6, 6.07) is 0. The molecule has 0 amide bonds. The lowest BCUT2D eigenvalue weighted by Gasteiger charge is -2.17. The van der Waals surface area contributed by atoms with Crippen molar-refractivity contribution in [2.75, 3.05) is 12.4 Å². The van der Waals surface area contributed by atoms with Crippen molar-refractivity contribution in [3.05, 3.63) is 0 Å². The SMILES string of the molecule is CCCC(CCC)[S@@](=O)C[C@H]1CCCO1. The lowest BCUT2D eigenvalue weighted by molar-refractivity contribution is 0.128. The fourth-order valence-electron chi connectivity index (χ4n) is 2.15. The van der Waals surface area contributed by atoms with Gasteiger partial charge in [0.15, 0.2) is 0 Å². The van der Waals surface area contributed by atoms with E-state index in [-0.39, 0.29) is 6.10 Å². The van der Waals surface area contributed by atoms with E-state index in [4.69, 9.17) is 4.74 Å². The maximum atomic E-state index is 12.1. The van der Waals surface area contributed by atoms with Gasteiger partial charge in [-0.15, -0.1) is 0 Å². The highest BCUT2D eigenvalue weighted by Gasteiger charge is 2.22. The molecule has 0 N–H and O–H groups in total. The summed E-state index contributed by atoms with van der Waals surface area (Å²) >= 11 is 0. The van der Waals surface area contributed by atoms with Crippen LogP contribution in [0.5, 0.6) is 0 Å². The maximum Gasteiger partial charge on any atom is 0.0691 e. The quantitative estimate of drug-likeness (QED) is 0.674. The van der Waals surface area contributed by atoms with Gasteiger partial charge in [-0.25, -0.2) is 0 Å². The van der Waals surface area contributed by atoms with E-state index < -0.39 is 10.8 Å². The molecule has 0 aromatic heterocycles. The second kappa shape index (κ2) is 7.39. The van der Waals surface area contributed by atoms with Crippen molar-refractivity contribution in [1.82, 2.24) is 0 Å². The first-order valence-corrected chi connectivity index (χ1v) is 7.64. The molecular weight excluding hydrogens is 208 g/mol. The van der Waals surface area contributed by atoms with Crippen LogP contribution in [0.2, 0.25) is 0 Å². The predicted molar refractivity (Wildman–Crippen MR) is 65.6 cm³/mol. The van der Waals surface area contributed by atoms with Gasteiger partial charge in [-0.1, -0.05) is 26.7 Å². The van der Waals surface area contributed by atoms with Gasteiger partial charge in [0.1, 0.15) is 0 Å². The molecule has 1 rings (SSSR count). The van der Waals surface area contributed by atoms with E-state index in [2.05, 4.69) is 13.8 Å². The summed E-state index contributed by atoms with van der Waals surface area (Å²) in [6.07, 6.45) is 7.02. The first-order valence-electron chi connectivity index (χ1n) is 6.26. The summed E-state index contributed by atoms with van der Waals surface area (Å²) in [5, 5.41) is 0.407. The molecule has 3 heteroatoms. The van der Waals surface area contributed by atoms with Crippen LogP contribution in [0, 0.1) is 0 Å². The summed E-state index contributed by atoms with van der Waals surface area (Å²) in [7, 11) is -0.672. The highest BCUT2D eigenvalue weighted by atomic mass is 32.2. The molecule has 0 aromatic rings. The fraction of sp³-hybridized carbons (Fsp3) is 1.00. The Labute approximate surface area is 96.2 Å². The van der Waals surface area contributed by atoms with Crippen molar-refractivity contribution in [3.8, 4) is 0 Å². The van der Waals surface area contributed by atoms with Gasteiger partial charge >= 0.3 is 0 Å². The minimum atomic E-state index is -0.672. The average Bonchev–Trinajstić information content (AvgIpc) is 2.70. The molecule has 15 heavy (non-hydrogen) atoms. The van der Waals surface area contributed by atoms with Crippen LogP contribution >= 0.6 is 0 Å². The van der Waals surface area contributed by atoms with Gasteiger partial charge in [0.25, 0.3) is 0 Å². The summed E-state index contributed by atoms with van der Waals surface area (Å²) < 4.78 is 17.6. The zero-order valence-electron chi connectivity index (χ0n) is 10.0. The van der Waals surface area contributed by atoms with Crippen molar-refractivity contribution in [3.63, 3.8) is 0 Å². The Morgan fingerprint density at radius 1 is 1.33 bits per heavy atom. The fourth-order valence-corrected chi connectivity index (χ4v) is 4.04. The largest absolute Gasteiger partial charge is 0.377 e. The van der Waals surface area contributed by atoms with Gasteiger partial charge in [-0.3, -0.25) is 4.21 Å². The van der Waals surface area contributed by atoms with Crippen LogP contribution in [-0.2, 0) is 15.5 Å². The normalized spacial score (nSPS) is 23.5. The lowest BCUT2D eigenvalue weighted by Crippen LogP contribution is -2.24. The van der Waals surface area contributed by atoms with E-state index in [1.807, 2.05) is 0 Å². The van der Waals surface area contributed by atoms with Crippen LogP contribution in [0.15, 0.2) is 0 Å². The van der Waals surface area contributed by atoms with E-state index >= 15 is 0 Å². The Morgan fingerprint density at radius 3 is 2.47 bits per heavy atom. The molecule has 0 spiro atoms. The van der Waals surface area contributed by atoms with Crippen molar-refractivity contribution < 1.29 is 8.95 Å². The Morgan fingerprint density at radius 2 is 2.00 bits per heavy atom. The molecule has 0 aromatic carbocycles. The van der Waals surface area contributed by atoms with Crippen molar-refractivity contribution in [2.45, 2.75) is 63.7 Å². The summed E-state index contributed by atoms with van der Waals surface area (Å²) in [6.45, 7) is 5.21. The third-order valence-electron chi connectivity index (χ3n) is 2.97. The topological polar surface area (TPSA) is 26.3 Å². The third kappa shape index (κ3) is 4.64. The van der Waals surface area contributed by atoms with Gasteiger partial charge in [0, 0.05) is 22.7 Å². The van der Waals surface area contributed by atoms with E-state index in [0.717, 1.165) is 50.9 Å². The number of ether oxygens (including phenoxy) is 1. The Bertz CT molecular complexity index is 182. The number of hydrogen-bond acceptors (Lipinski definition) is 2. The predicted octanol–water partition coefficient (Wildman–Crippen LogP) is 2.88. The van der Waals surface area contributed by atoms with E-state index in [1.54, 1.807) is 0 Å². The lowest BCUT2D eigenvalue weighted by atomic mass is 10.2. The molecule has 0 unspecified atom stereocenters. The second-order valence-corrected chi connectivity index (χ2v) is 6.14. The maximum absolute atomic E-state index is 12.1. The summed E-state index contributed by atoms with van der Waals surface area (Å²) in [5.41, 5.74) is 0. The molecule has 2 nitrogen and oxygen atoms in total. The van der Waals surface area contributed by atoms with Crippen molar-refractivity contribution in [2.24, 2.45) is 0 Å². The van der Waals surface area contributed by atoms with Crippen molar-refractivity contribution in [1.29, 1.82) is 0 Å². The molecule has 1 aliphatic heterocycles. The molecule has 0 saturated carbocycles. The zero-order chi connectivity index (χ0) is 11.1. The van der Waals surface area contributed by atoms with E-state index in [1.165, 1.54) is 0 Å². The van der Waals surface area contributed by atoms with Crippen LogP contribution in [0.4, 0.5) is 0 Å². The van der Waals surface area contributed by atoms with E-state index in [9.17, 15) is 4.21 Å².